The van der Waals surface area contributed by atoms with E-state index in [2.05, 4.69) is 17.5 Å². The minimum Gasteiger partial charge on any atom is -0.399 e. The molecule has 0 aliphatic heterocycles. The van der Waals surface area contributed by atoms with Gasteiger partial charge in [-0.2, -0.15) is 10.5 Å². The summed E-state index contributed by atoms with van der Waals surface area (Å²) in [4.78, 5) is 13.1. The number of carbonyl (C=O) groups excluding carboxylic acids is 1. The quantitative estimate of drug-likeness (QED) is 0.490. The van der Waals surface area contributed by atoms with Crippen molar-refractivity contribution in [1.29, 1.82) is 10.5 Å². The Morgan fingerprint density at radius 1 is 0.903 bits per heavy atom. The van der Waals surface area contributed by atoms with Crippen molar-refractivity contribution in [3.63, 3.8) is 0 Å². The molecule has 1 aromatic heterocycles. The lowest BCUT2D eigenvalue weighted by Gasteiger charge is -2.12. The lowest BCUT2D eigenvalue weighted by Crippen LogP contribution is -2.25. The van der Waals surface area contributed by atoms with Gasteiger partial charge in [0.15, 0.2) is 0 Å². The number of nitrogens with zero attached hydrogens (tertiary/aromatic N) is 3. The zero-order valence-corrected chi connectivity index (χ0v) is 16.7. The van der Waals surface area contributed by atoms with Gasteiger partial charge in [0.2, 0.25) is 0 Å². The van der Waals surface area contributed by atoms with Gasteiger partial charge in [-0.15, -0.1) is 0 Å². The molecular weight excluding hydrogens is 386 g/mol. The van der Waals surface area contributed by atoms with Crippen molar-refractivity contribution in [3.05, 3.63) is 101 Å². The van der Waals surface area contributed by atoms with Crippen LogP contribution >= 0.6 is 0 Å². The third-order valence-electron chi connectivity index (χ3n) is 5.09. The van der Waals surface area contributed by atoms with E-state index in [4.69, 9.17) is 11.0 Å². The number of fused-ring (bicyclic) bond motifs is 1. The maximum atomic E-state index is 13.1. The zero-order chi connectivity index (χ0) is 21.8. The second-order valence-electron chi connectivity index (χ2n) is 7.24. The standard InChI is InChI=1S/C25H19N5O/c26-13-17-4-6-18(7-5-17)15-29-25(31)24-12-21-11-22(28)8-9-23(21)30(24)16-20-3-1-2-19(10-20)14-27/h1-12H,15-16,28H2,(H,29,31). The molecule has 3 N–H and O–H groups in total. The molecule has 4 rings (SSSR count). The predicted octanol–water partition coefficient (Wildman–Crippen LogP) is 3.95. The van der Waals surface area contributed by atoms with E-state index in [0.717, 1.165) is 22.0 Å². The molecule has 0 aliphatic carbocycles. The van der Waals surface area contributed by atoms with Crippen molar-refractivity contribution in [2.75, 3.05) is 5.73 Å². The number of nitrogens with two attached hydrogens (primary N) is 1. The monoisotopic (exact) mass is 405 g/mol. The maximum absolute atomic E-state index is 13.1. The highest BCUT2D eigenvalue weighted by Gasteiger charge is 2.16. The van der Waals surface area contributed by atoms with Gasteiger partial charge in [0, 0.05) is 29.7 Å². The SMILES string of the molecule is N#Cc1ccc(CNC(=O)c2cc3cc(N)ccc3n2Cc2cccc(C#N)c2)cc1. The molecule has 0 saturated carbocycles. The van der Waals surface area contributed by atoms with Crippen molar-refractivity contribution in [1.82, 2.24) is 9.88 Å². The number of rotatable bonds is 5. The Balaban J connectivity index is 1.65. The molecule has 3 aromatic carbocycles. The van der Waals surface area contributed by atoms with Crippen molar-refractivity contribution in [2.45, 2.75) is 13.1 Å². The molecular formula is C25H19N5O. The van der Waals surface area contributed by atoms with Crippen LogP contribution in [0.2, 0.25) is 0 Å². The van der Waals surface area contributed by atoms with Crippen LogP contribution in [0.4, 0.5) is 5.69 Å². The zero-order valence-electron chi connectivity index (χ0n) is 16.7. The molecule has 0 bridgehead atoms. The predicted molar refractivity (Wildman–Crippen MR) is 119 cm³/mol. The van der Waals surface area contributed by atoms with E-state index in [0.29, 0.717) is 35.6 Å². The van der Waals surface area contributed by atoms with Crippen molar-refractivity contribution in [3.8, 4) is 12.1 Å². The molecule has 31 heavy (non-hydrogen) atoms. The summed E-state index contributed by atoms with van der Waals surface area (Å²) < 4.78 is 1.93. The van der Waals surface area contributed by atoms with Crippen LogP contribution in [0.15, 0.2) is 72.8 Å². The topological polar surface area (TPSA) is 108 Å². The number of anilines is 1. The van der Waals surface area contributed by atoms with Crippen molar-refractivity contribution in [2.24, 2.45) is 0 Å². The number of nitrogens with one attached hydrogen (secondary N) is 1. The van der Waals surface area contributed by atoms with Crippen LogP contribution in [0, 0.1) is 22.7 Å². The van der Waals surface area contributed by atoms with Gasteiger partial charge in [-0.1, -0.05) is 24.3 Å². The number of nitrogen functional groups attached to an aromatic ring is 1. The first kappa shape index (κ1) is 19.8. The molecule has 0 fully saturated rings. The number of amides is 1. The third-order valence-corrected chi connectivity index (χ3v) is 5.09. The average Bonchev–Trinajstić information content (AvgIpc) is 3.15. The molecule has 0 aliphatic rings. The Bertz CT molecular complexity index is 1350. The number of benzene rings is 3. The Morgan fingerprint density at radius 3 is 2.42 bits per heavy atom. The summed E-state index contributed by atoms with van der Waals surface area (Å²) in [6.45, 7) is 0.792. The normalized spacial score (nSPS) is 10.4. The molecule has 0 saturated heterocycles. The molecule has 150 valence electrons. The minimum atomic E-state index is -0.212. The van der Waals surface area contributed by atoms with E-state index in [1.807, 2.05) is 59.2 Å². The fraction of sp³-hybridized carbons (Fsp3) is 0.0800. The summed E-state index contributed by atoms with van der Waals surface area (Å²) in [5.41, 5.74) is 10.9. The van der Waals surface area contributed by atoms with Gasteiger partial charge in [-0.3, -0.25) is 4.79 Å². The molecule has 6 heteroatoms. The fourth-order valence-corrected chi connectivity index (χ4v) is 3.54. The molecule has 6 nitrogen and oxygen atoms in total. The van der Waals surface area contributed by atoms with Crippen LogP contribution in [-0.4, -0.2) is 10.5 Å². The summed E-state index contributed by atoms with van der Waals surface area (Å²) in [7, 11) is 0. The number of aromatic nitrogens is 1. The Hall–Kier alpha value is -4.55. The van der Waals surface area contributed by atoms with Crippen LogP contribution in [0.1, 0.15) is 32.7 Å². The van der Waals surface area contributed by atoms with E-state index in [-0.39, 0.29) is 5.91 Å². The Morgan fingerprint density at radius 2 is 1.68 bits per heavy atom. The van der Waals surface area contributed by atoms with Gasteiger partial charge in [0.1, 0.15) is 5.69 Å². The first-order valence-corrected chi connectivity index (χ1v) is 9.72. The van der Waals surface area contributed by atoms with Gasteiger partial charge in [0.25, 0.3) is 5.91 Å². The summed E-state index contributed by atoms with van der Waals surface area (Å²) >= 11 is 0. The van der Waals surface area contributed by atoms with Gasteiger partial charge < -0.3 is 15.6 Å². The van der Waals surface area contributed by atoms with E-state index >= 15 is 0 Å². The summed E-state index contributed by atoms with van der Waals surface area (Å²) in [5, 5.41) is 21.9. The number of hydrogen-bond donors (Lipinski definition) is 2. The summed E-state index contributed by atoms with van der Waals surface area (Å²) in [6.07, 6.45) is 0. The molecule has 1 heterocycles. The van der Waals surface area contributed by atoms with Crippen molar-refractivity contribution >= 4 is 22.5 Å². The number of hydrogen-bond acceptors (Lipinski definition) is 4. The van der Waals surface area contributed by atoms with E-state index in [1.54, 1.807) is 18.2 Å². The largest absolute Gasteiger partial charge is 0.399 e. The van der Waals surface area contributed by atoms with Gasteiger partial charge in [-0.05, 0) is 59.7 Å². The summed E-state index contributed by atoms with van der Waals surface area (Å²) in [5.74, 6) is -0.212. The first-order valence-electron chi connectivity index (χ1n) is 9.72. The molecule has 0 radical (unpaired) electrons. The molecule has 4 aromatic rings. The Kier molecular flexibility index (Phi) is 5.38. The van der Waals surface area contributed by atoms with Gasteiger partial charge in [0.05, 0.1) is 23.3 Å². The highest BCUT2D eigenvalue weighted by molar-refractivity contribution is 5.99. The highest BCUT2D eigenvalue weighted by Crippen LogP contribution is 2.24. The van der Waals surface area contributed by atoms with Gasteiger partial charge in [-0.25, -0.2) is 0 Å². The average molecular weight is 405 g/mol. The second kappa shape index (κ2) is 8.44. The lowest BCUT2D eigenvalue weighted by atomic mass is 10.1. The van der Waals surface area contributed by atoms with Crippen molar-refractivity contribution < 1.29 is 4.79 Å². The Labute approximate surface area is 179 Å². The summed E-state index contributed by atoms with van der Waals surface area (Å²) in [6, 6.07) is 26.0. The molecule has 0 spiro atoms. The molecule has 0 atom stereocenters. The third kappa shape index (κ3) is 4.24. The van der Waals surface area contributed by atoms with E-state index < -0.39 is 0 Å². The molecule has 1 amide bonds. The molecule has 0 unspecified atom stereocenters. The number of nitriles is 2. The highest BCUT2D eigenvalue weighted by atomic mass is 16.1. The van der Waals surface area contributed by atoms with Crippen LogP contribution in [0.25, 0.3) is 10.9 Å². The van der Waals surface area contributed by atoms with Gasteiger partial charge >= 0.3 is 0 Å². The van der Waals surface area contributed by atoms with Crippen LogP contribution < -0.4 is 11.1 Å². The van der Waals surface area contributed by atoms with Crippen LogP contribution in [-0.2, 0) is 13.1 Å². The minimum absolute atomic E-state index is 0.212. The van der Waals surface area contributed by atoms with E-state index in [9.17, 15) is 10.1 Å². The maximum Gasteiger partial charge on any atom is 0.268 e. The first-order chi connectivity index (χ1) is 15.1. The number of carbonyl (C=O) groups is 1. The smallest absolute Gasteiger partial charge is 0.268 e. The van der Waals surface area contributed by atoms with Crippen LogP contribution in [0.5, 0.6) is 0 Å². The lowest BCUT2D eigenvalue weighted by molar-refractivity contribution is 0.0942. The second-order valence-corrected chi connectivity index (χ2v) is 7.24. The van der Waals surface area contributed by atoms with E-state index in [1.165, 1.54) is 0 Å². The van der Waals surface area contributed by atoms with Crippen LogP contribution in [0.3, 0.4) is 0 Å². The fourth-order valence-electron chi connectivity index (χ4n) is 3.54.